The standard InChI is InChI=1S/C22H41F3N6O3/c1-15-5-6-17(34-15)12-27-19-28-20(30-21(29-19)33-14-22(23,24)25)31-10-7-16(8-11-31)13-32-18-4-2-3-9-26-18/h15-21,26-30H,2-14H2,1H3. The Morgan fingerprint density at radius 1 is 1.00 bits per heavy atom. The molecule has 0 amide bonds. The number of halogens is 3. The fourth-order valence-corrected chi connectivity index (χ4v) is 5.08. The van der Waals surface area contributed by atoms with E-state index in [1.807, 2.05) is 0 Å². The van der Waals surface area contributed by atoms with Crippen molar-refractivity contribution in [1.29, 1.82) is 0 Å². The molecule has 0 aromatic carbocycles. The molecule has 0 radical (unpaired) electrons. The summed E-state index contributed by atoms with van der Waals surface area (Å²) in [7, 11) is 0. The number of alkyl halides is 3. The minimum atomic E-state index is -4.38. The Morgan fingerprint density at radius 2 is 1.82 bits per heavy atom. The summed E-state index contributed by atoms with van der Waals surface area (Å²) in [4.78, 5) is 2.23. The van der Waals surface area contributed by atoms with Crippen LogP contribution in [0.1, 0.15) is 51.9 Å². The molecule has 0 bridgehead atoms. The number of likely N-dealkylation sites (tertiary alicyclic amines) is 1. The Morgan fingerprint density at radius 3 is 2.50 bits per heavy atom. The molecule has 0 aromatic rings. The van der Waals surface area contributed by atoms with Gasteiger partial charge in [-0.15, -0.1) is 0 Å². The largest absolute Gasteiger partial charge is 0.411 e. The van der Waals surface area contributed by atoms with Crippen molar-refractivity contribution < 1.29 is 27.4 Å². The predicted molar refractivity (Wildman–Crippen MR) is 120 cm³/mol. The third-order valence-electron chi connectivity index (χ3n) is 7.05. The van der Waals surface area contributed by atoms with Crippen LogP contribution in [0.5, 0.6) is 0 Å². The highest BCUT2D eigenvalue weighted by Gasteiger charge is 2.36. The lowest BCUT2D eigenvalue weighted by molar-refractivity contribution is -0.202. The van der Waals surface area contributed by atoms with Crippen molar-refractivity contribution in [3.8, 4) is 0 Å². The molecule has 4 saturated heterocycles. The number of nitrogens with zero attached hydrogens (tertiary/aromatic N) is 1. The van der Waals surface area contributed by atoms with Crippen LogP contribution >= 0.6 is 0 Å². The van der Waals surface area contributed by atoms with E-state index in [0.29, 0.717) is 12.5 Å². The molecule has 198 valence electrons. The smallest absolute Gasteiger partial charge is 0.374 e. The Kier molecular flexibility index (Phi) is 9.82. The van der Waals surface area contributed by atoms with E-state index in [-0.39, 0.29) is 24.7 Å². The van der Waals surface area contributed by atoms with Crippen LogP contribution in [0.2, 0.25) is 0 Å². The first-order chi connectivity index (χ1) is 16.3. The van der Waals surface area contributed by atoms with E-state index in [1.165, 1.54) is 12.8 Å². The second-order valence-corrected chi connectivity index (χ2v) is 9.95. The maximum atomic E-state index is 12.7. The number of rotatable bonds is 9. The molecule has 4 rings (SSSR count). The summed E-state index contributed by atoms with van der Waals surface area (Å²) in [6.45, 7) is 4.79. The van der Waals surface area contributed by atoms with E-state index in [9.17, 15) is 13.2 Å². The average molecular weight is 495 g/mol. The van der Waals surface area contributed by atoms with E-state index in [4.69, 9.17) is 14.2 Å². The predicted octanol–water partition coefficient (Wildman–Crippen LogP) is 1.18. The van der Waals surface area contributed by atoms with Crippen molar-refractivity contribution in [1.82, 2.24) is 31.5 Å². The molecule has 5 N–H and O–H groups in total. The van der Waals surface area contributed by atoms with Gasteiger partial charge in [0.2, 0.25) is 0 Å². The maximum absolute atomic E-state index is 12.7. The van der Waals surface area contributed by atoms with Crippen molar-refractivity contribution >= 4 is 0 Å². The third kappa shape index (κ3) is 8.52. The summed E-state index contributed by atoms with van der Waals surface area (Å²) >= 11 is 0. The molecular formula is C22H41F3N6O3. The van der Waals surface area contributed by atoms with Crippen molar-refractivity contribution in [2.45, 2.75) is 95.4 Å². The van der Waals surface area contributed by atoms with Gasteiger partial charge >= 0.3 is 6.18 Å². The first kappa shape index (κ1) is 26.5. The zero-order chi connectivity index (χ0) is 24.0. The van der Waals surface area contributed by atoms with Crippen molar-refractivity contribution in [3.63, 3.8) is 0 Å². The van der Waals surface area contributed by atoms with Crippen LogP contribution in [0.4, 0.5) is 13.2 Å². The molecule has 6 unspecified atom stereocenters. The fraction of sp³-hybridized carbons (Fsp3) is 1.00. The van der Waals surface area contributed by atoms with Crippen LogP contribution in [-0.2, 0) is 14.2 Å². The third-order valence-corrected chi connectivity index (χ3v) is 7.05. The Bertz CT molecular complexity index is 605. The minimum absolute atomic E-state index is 0.107. The number of piperidine rings is 2. The number of hydrogen-bond acceptors (Lipinski definition) is 9. The van der Waals surface area contributed by atoms with Gasteiger partial charge in [0.15, 0.2) is 6.35 Å². The lowest BCUT2D eigenvalue weighted by Gasteiger charge is -2.45. The van der Waals surface area contributed by atoms with Crippen LogP contribution < -0.4 is 26.6 Å². The Labute approximate surface area is 200 Å². The van der Waals surface area contributed by atoms with Gasteiger partial charge in [0, 0.05) is 19.6 Å². The highest BCUT2D eigenvalue weighted by Crippen LogP contribution is 2.22. The highest BCUT2D eigenvalue weighted by molar-refractivity contribution is 4.84. The summed E-state index contributed by atoms with van der Waals surface area (Å²) in [5, 5.41) is 16.3. The van der Waals surface area contributed by atoms with E-state index in [0.717, 1.165) is 58.3 Å². The zero-order valence-corrected chi connectivity index (χ0v) is 20.0. The first-order valence-corrected chi connectivity index (χ1v) is 12.8. The summed E-state index contributed by atoms with van der Waals surface area (Å²) in [5.41, 5.74) is 0. The zero-order valence-electron chi connectivity index (χ0n) is 20.0. The molecule has 4 fully saturated rings. The molecule has 0 aromatic heterocycles. The van der Waals surface area contributed by atoms with Gasteiger partial charge in [0.05, 0.1) is 18.8 Å². The molecule has 9 nitrogen and oxygen atoms in total. The van der Waals surface area contributed by atoms with Gasteiger partial charge in [-0.2, -0.15) is 13.2 Å². The highest BCUT2D eigenvalue weighted by atomic mass is 19.4. The van der Waals surface area contributed by atoms with Crippen LogP contribution in [0.15, 0.2) is 0 Å². The van der Waals surface area contributed by atoms with Gasteiger partial charge in [-0.05, 0) is 64.3 Å². The van der Waals surface area contributed by atoms with Crippen LogP contribution in [0.3, 0.4) is 0 Å². The molecule has 4 aliphatic heterocycles. The molecule has 34 heavy (non-hydrogen) atoms. The summed E-state index contributed by atoms with van der Waals surface area (Å²) < 4.78 is 55.3. The van der Waals surface area contributed by atoms with Gasteiger partial charge in [-0.1, -0.05) is 0 Å². The molecule has 0 saturated carbocycles. The molecule has 12 heteroatoms. The maximum Gasteiger partial charge on any atom is 0.411 e. The van der Waals surface area contributed by atoms with Crippen molar-refractivity contribution in [3.05, 3.63) is 0 Å². The van der Waals surface area contributed by atoms with Crippen molar-refractivity contribution in [2.75, 3.05) is 39.4 Å². The quantitative estimate of drug-likeness (QED) is 0.324. The lowest BCUT2D eigenvalue weighted by Crippen LogP contribution is -2.76. The van der Waals surface area contributed by atoms with E-state index < -0.39 is 25.4 Å². The van der Waals surface area contributed by atoms with Gasteiger partial charge in [0.1, 0.15) is 25.4 Å². The molecule has 0 spiro atoms. The number of nitrogens with one attached hydrogen (secondary N) is 5. The normalized spacial score (nSPS) is 36.7. The van der Waals surface area contributed by atoms with Crippen LogP contribution in [0.25, 0.3) is 0 Å². The topological polar surface area (TPSA) is 91.1 Å². The van der Waals surface area contributed by atoms with E-state index >= 15 is 0 Å². The Balaban J connectivity index is 1.24. The number of ether oxygens (including phenoxy) is 3. The van der Waals surface area contributed by atoms with Crippen LogP contribution in [0, 0.1) is 5.92 Å². The average Bonchev–Trinajstić information content (AvgIpc) is 3.26. The second-order valence-electron chi connectivity index (χ2n) is 9.95. The van der Waals surface area contributed by atoms with Gasteiger partial charge in [-0.25, -0.2) is 0 Å². The second kappa shape index (κ2) is 12.6. The molecule has 6 atom stereocenters. The monoisotopic (exact) mass is 494 g/mol. The summed E-state index contributed by atoms with van der Waals surface area (Å²) in [6, 6.07) is 0. The fourth-order valence-electron chi connectivity index (χ4n) is 5.08. The first-order valence-electron chi connectivity index (χ1n) is 12.8. The SMILES string of the molecule is CC1CCC(CNC2NC(OCC(F)(F)F)NC(N3CCC(COC4CCCCN4)CC3)N2)O1. The summed E-state index contributed by atoms with van der Waals surface area (Å²) in [5.74, 6) is 0.495. The minimum Gasteiger partial charge on any atom is -0.374 e. The molecule has 4 aliphatic rings. The Hall–Kier alpha value is -0.570. The van der Waals surface area contributed by atoms with Gasteiger partial charge in [0.25, 0.3) is 0 Å². The van der Waals surface area contributed by atoms with Crippen molar-refractivity contribution in [2.24, 2.45) is 5.92 Å². The van der Waals surface area contributed by atoms with E-state index in [1.54, 1.807) is 0 Å². The van der Waals surface area contributed by atoms with Crippen LogP contribution in [-0.4, -0.2) is 87.8 Å². The lowest BCUT2D eigenvalue weighted by atomic mass is 9.97. The summed E-state index contributed by atoms with van der Waals surface area (Å²) in [6.07, 6.45) is 1.98. The molecule has 4 heterocycles. The van der Waals surface area contributed by atoms with Gasteiger partial charge in [-0.3, -0.25) is 31.5 Å². The van der Waals surface area contributed by atoms with Gasteiger partial charge < -0.3 is 14.2 Å². The molecule has 0 aliphatic carbocycles. The number of hydrogen-bond donors (Lipinski definition) is 5. The molecular weight excluding hydrogens is 453 g/mol. The van der Waals surface area contributed by atoms with E-state index in [2.05, 4.69) is 38.4 Å².